The first kappa shape index (κ1) is 10.7. The van der Waals surface area contributed by atoms with E-state index >= 15 is 0 Å². The molecule has 2 saturated carbocycles. The van der Waals surface area contributed by atoms with Gasteiger partial charge in [0.25, 0.3) is 0 Å². The van der Waals surface area contributed by atoms with Crippen LogP contribution in [0.4, 0.5) is 5.69 Å². The van der Waals surface area contributed by atoms with Gasteiger partial charge in [0.1, 0.15) is 6.07 Å². The first-order chi connectivity index (χ1) is 8.26. The third-order valence-electron chi connectivity index (χ3n) is 4.37. The number of nitrogens with zero attached hydrogens (tertiary/aromatic N) is 1. The lowest BCUT2D eigenvalue weighted by atomic mass is 9.95. The number of hydrogen-bond donors (Lipinski definition) is 1. The van der Waals surface area contributed by atoms with Crippen molar-refractivity contribution in [2.24, 2.45) is 11.8 Å². The van der Waals surface area contributed by atoms with E-state index in [9.17, 15) is 0 Å². The lowest BCUT2D eigenvalue weighted by Gasteiger charge is -2.24. The average molecular weight is 226 g/mol. The van der Waals surface area contributed by atoms with Gasteiger partial charge in [0, 0.05) is 6.04 Å². The second kappa shape index (κ2) is 4.07. The minimum absolute atomic E-state index is 0.601. The van der Waals surface area contributed by atoms with Gasteiger partial charge in [-0.05, 0) is 55.7 Å². The quantitative estimate of drug-likeness (QED) is 0.838. The summed E-state index contributed by atoms with van der Waals surface area (Å²) in [5, 5.41) is 12.8. The second-order valence-electron chi connectivity index (χ2n) is 5.59. The number of nitrogens with one attached hydrogen (secondary N) is 1. The fraction of sp³-hybridized carbons (Fsp3) is 0.533. The summed E-state index contributed by atoms with van der Waals surface area (Å²) in [4.78, 5) is 0. The summed E-state index contributed by atoms with van der Waals surface area (Å²) in [5.74, 6) is 1.78. The van der Waals surface area contributed by atoms with Gasteiger partial charge in [0.05, 0.1) is 11.3 Å². The van der Waals surface area contributed by atoms with Crippen molar-refractivity contribution in [1.82, 2.24) is 0 Å². The third-order valence-corrected chi connectivity index (χ3v) is 4.37. The molecular formula is C15H18N2. The predicted octanol–water partition coefficient (Wildman–Crippen LogP) is 3.47. The van der Waals surface area contributed by atoms with Gasteiger partial charge in [-0.15, -0.1) is 0 Å². The summed E-state index contributed by atoms with van der Waals surface area (Å²) in [5.41, 5.74) is 2.96. The number of anilines is 1. The minimum Gasteiger partial charge on any atom is -0.381 e. The Kier molecular flexibility index (Phi) is 2.55. The summed E-state index contributed by atoms with van der Waals surface area (Å²) in [6.45, 7) is 2.03. The van der Waals surface area contributed by atoms with Crippen molar-refractivity contribution in [2.75, 3.05) is 5.32 Å². The Morgan fingerprint density at radius 3 is 2.82 bits per heavy atom. The zero-order valence-corrected chi connectivity index (χ0v) is 10.2. The number of benzene rings is 1. The van der Waals surface area contributed by atoms with Gasteiger partial charge in [0.15, 0.2) is 0 Å². The molecule has 2 heteroatoms. The van der Waals surface area contributed by atoms with Gasteiger partial charge in [-0.25, -0.2) is 0 Å². The molecule has 2 nitrogen and oxygen atoms in total. The van der Waals surface area contributed by atoms with Gasteiger partial charge >= 0.3 is 0 Å². The fourth-order valence-corrected chi connectivity index (χ4v) is 3.50. The van der Waals surface area contributed by atoms with Gasteiger partial charge in [0.2, 0.25) is 0 Å². The van der Waals surface area contributed by atoms with Crippen molar-refractivity contribution >= 4 is 5.69 Å². The Balaban J connectivity index is 1.79. The van der Waals surface area contributed by atoms with Crippen LogP contribution in [0.1, 0.15) is 36.8 Å². The molecule has 2 aliphatic rings. The highest BCUT2D eigenvalue weighted by atomic mass is 14.9. The number of rotatable bonds is 2. The van der Waals surface area contributed by atoms with E-state index < -0.39 is 0 Å². The van der Waals surface area contributed by atoms with Crippen LogP contribution in [0.25, 0.3) is 0 Å². The molecule has 2 bridgehead atoms. The summed E-state index contributed by atoms with van der Waals surface area (Å²) in [6.07, 6.45) is 5.48. The molecule has 0 saturated heterocycles. The fourth-order valence-electron chi connectivity index (χ4n) is 3.50. The molecule has 0 heterocycles. The first-order valence-electron chi connectivity index (χ1n) is 6.53. The summed E-state index contributed by atoms with van der Waals surface area (Å²) in [7, 11) is 0. The van der Waals surface area contributed by atoms with Crippen LogP contribution in [-0.2, 0) is 0 Å². The molecular weight excluding hydrogens is 208 g/mol. The maximum absolute atomic E-state index is 9.16. The topological polar surface area (TPSA) is 35.8 Å². The summed E-state index contributed by atoms with van der Waals surface area (Å²) >= 11 is 0. The van der Waals surface area contributed by atoms with Crippen LogP contribution < -0.4 is 5.32 Å². The van der Waals surface area contributed by atoms with E-state index in [1.165, 1.54) is 25.7 Å². The average Bonchev–Trinajstić information content (AvgIpc) is 2.93. The Morgan fingerprint density at radius 1 is 1.29 bits per heavy atom. The molecule has 3 unspecified atom stereocenters. The molecule has 3 rings (SSSR count). The van der Waals surface area contributed by atoms with Crippen LogP contribution in [0.2, 0.25) is 0 Å². The number of aryl methyl sites for hydroxylation is 1. The van der Waals surface area contributed by atoms with Crippen molar-refractivity contribution in [2.45, 2.75) is 38.6 Å². The maximum atomic E-state index is 9.16. The molecule has 0 amide bonds. The standard InChI is InChI=1S/C15H18N2/c1-10-2-5-14(13(6-10)9-16)17-15-8-11-3-4-12(15)7-11/h2,5-6,11-12,15,17H,3-4,7-8H2,1H3. The Morgan fingerprint density at radius 2 is 2.18 bits per heavy atom. The van der Waals surface area contributed by atoms with Crippen LogP contribution in [0, 0.1) is 30.1 Å². The third kappa shape index (κ3) is 1.91. The first-order valence-corrected chi connectivity index (χ1v) is 6.53. The van der Waals surface area contributed by atoms with E-state index in [0.29, 0.717) is 6.04 Å². The van der Waals surface area contributed by atoms with Gasteiger partial charge in [-0.3, -0.25) is 0 Å². The molecule has 2 aliphatic carbocycles. The summed E-state index contributed by atoms with van der Waals surface area (Å²) < 4.78 is 0. The highest BCUT2D eigenvalue weighted by Gasteiger charge is 2.39. The maximum Gasteiger partial charge on any atom is 0.101 e. The van der Waals surface area contributed by atoms with Crippen LogP contribution in [0.5, 0.6) is 0 Å². The van der Waals surface area contributed by atoms with E-state index in [1.807, 2.05) is 13.0 Å². The van der Waals surface area contributed by atoms with E-state index in [2.05, 4.69) is 23.5 Å². The molecule has 0 aromatic heterocycles. The van der Waals surface area contributed by atoms with Crippen molar-refractivity contribution in [3.05, 3.63) is 29.3 Å². The molecule has 2 fully saturated rings. The van der Waals surface area contributed by atoms with Gasteiger partial charge in [-0.1, -0.05) is 12.5 Å². The zero-order valence-electron chi connectivity index (χ0n) is 10.2. The van der Waals surface area contributed by atoms with Crippen molar-refractivity contribution in [1.29, 1.82) is 5.26 Å². The molecule has 0 spiro atoms. The normalized spacial score (nSPS) is 30.2. The van der Waals surface area contributed by atoms with Crippen LogP contribution in [-0.4, -0.2) is 6.04 Å². The summed E-state index contributed by atoms with van der Waals surface area (Å²) in [6, 6.07) is 9.00. The number of nitriles is 1. The lowest BCUT2D eigenvalue weighted by molar-refractivity contribution is 0.440. The SMILES string of the molecule is Cc1ccc(NC2CC3CCC2C3)c(C#N)c1. The molecule has 1 aromatic carbocycles. The molecule has 0 radical (unpaired) electrons. The van der Waals surface area contributed by atoms with E-state index in [0.717, 1.165) is 28.7 Å². The second-order valence-corrected chi connectivity index (χ2v) is 5.59. The van der Waals surface area contributed by atoms with Crippen molar-refractivity contribution < 1.29 is 0 Å². The van der Waals surface area contributed by atoms with Crippen molar-refractivity contribution in [3.63, 3.8) is 0 Å². The van der Waals surface area contributed by atoms with Crippen LogP contribution >= 0.6 is 0 Å². The van der Waals surface area contributed by atoms with E-state index in [4.69, 9.17) is 5.26 Å². The smallest absolute Gasteiger partial charge is 0.101 e. The van der Waals surface area contributed by atoms with Crippen LogP contribution in [0.15, 0.2) is 18.2 Å². The van der Waals surface area contributed by atoms with Crippen molar-refractivity contribution in [3.8, 4) is 6.07 Å². The van der Waals surface area contributed by atoms with E-state index in [1.54, 1.807) is 0 Å². The Bertz CT molecular complexity index is 472. The molecule has 88 valence electrons. The largest absolute Gasteiger partial charge is 0.381 e. The zero-order chi connectivity index (χ0) is 11.8. The molecule has 17 heavy (non-hydrogen) atoms. The molecule has 0 aliphatic heterocycles. The molecule has 1 aromatic rings. The minimum atomic E-state index is 0.601. The van der Waals surface area contributed by atoms with Gasteiger partial charge in [-0.2, -0.15) is 5.26 Å². The monoisotopic (exact) mass is 226 g/mol. The predicted molar refractivity (Wildman–Crippen MR) is 68.8 cm³/mol. The molecule has 1 N–H and O–H groups in total. The highest BCUT2D eigenvalue weighted by molar-refractivity contribution is 5.59. The van der Waals surface area contributed by atoms with Gasteiger partial charge < -0.3 is 5.32 Å². The Hall–Kier alpha value is -1.49. The highest BCUT2D eigenvalue weighted by Crippen LogP contribution is 2.45. The lowest BCUT2D eigenvalue weighted by Crippen LogP contribution is -2.26. The van der Waals surface area contributed by atoms with Crippen LogP contribution in [0.3, 0.4) is 0 Å². The Labute approximate surface area is 103 Å². The number of hydrogen-bond acceptors (Lipinski definition) is 2. The molecule has 3 atom stereocenters. The van der Waals surface area contributed by atoms with E-state index in [-0.39, 0.29) is 0 Å². The number of fused-ring (bicyclic) bond motifs is 2.